The SMILES string of the molecule is CCC(C)CC(=O)N(CC)c1ccccn1. The van der Waals surface area contributed by atoms with Crippen LogP contribution in [0.15, 0.2) is 24.4 Å². The Labute approximate surface area is 97.5 Å². The second kappa shape index (κ2) is 6.26. The van der Waals surface area contributed by atoms with Gasteiger partial charge in [0.15, 0.2) is 0 Å². The highest BCUT2D eigenvalue weighted by atomic mass is 16.2. The first-order valence-electron chi connectivity index (χ1n) is 5.90. The van der Waals surface area contributed by atoms with Crippen molar-refractivity contribution in [2.45, 2.75) is 33.6 Å². The van der Waals surface area contributed by atoms with Crippen molar-refractivity contribution in [1.29, 1.82) is 0 Å². The van der Waals surface area contributed by atoms with Gasteiger partial charge < -0.3 is 0 Å². The molecule has 0 aliphatic carbocycles. The maximum Gasteiger partial charge on any atom is 0.228 e. The zero-order valence-electron chi connectivity index (χ0n) is 10.3. The Kier molecular flexibility index (Phi) is 4.96. The summed E-state index contributed by atoms with van der Waals surface area (Å²) in [7, 11) is 0. The fourth-order valence-corrected chi connectivity index (χ4v) is 1.53. The molecule has 0 saturated heterocycles. The molecule has 0 N–H and O–H groups in total. The summed E-state index contributed by atoms with van der Waals surface area (Å²) in [5, 5.41) is 0. The van der Waals surface area contributed by atoms with Crippen LogP contribution in [0.4, 0.5) is 5.82 Å². The van der Waals surface area contributed by atoms with Gasteiger partial charge in [0, 0.05) is 19.2 Å². The summed E-state index contributed by atoms with van der Waals surface area (Å²) < 4.78 is 0. The number of aromatic nitrogens is 1. The number of hydrogen-bond acceptors (Lipinski definition) is 2. The molecule has 0 bridgehead atoms. The van der Waals surface area contributed by atoms with Gasteiger partial charge in [0.1, 0.15) is 5.82 Å². The second-order valence-electron chi connectivity index (χ2n) is 4.04. The molecule has 1 heterocycles. The monoisotopic (exact) mass is 220 g/mol. The van der Waals surface area contributed by atoms with Gasteiger partial charge in [-0.15, -0.1) is 0 Å². The van der Waals surface area contributed by atoms with Gasteiger partial charge in [0.2, 0.25) is 5.91 Å². The number of carbonyl (C=O) groups excluding carboxylic acids is 1. The van der Waals surface area contributed by atoms with Gasteiger partial charge in [-0.05, 0) is 25.0 Å². The van der Waals surface area contributed by atoms with Crippen molar-refractivity contribution in [2.24, 2.45) is 5.92 Å². The molecule has 1 amide bonds. The molecular formula is C13H20N2O. The topological polar surface area (TPSA) is 33.2 Å². The predicted molar refractivity (Wildman–Crippen MR) is 66.3 cm³/mol. The molecule has 0 saturated carbocycles. The average Bonchev–Trinajstić information content (AvgIpc) is 2.31. The van der Waals surface area contributed by atoms with Gasteiger partial charge in [0.05, 0.1) is 0 Å². The van der Waals surface area contributed by atoms with Crippen molar-refractivity contribution in [3.05, 3.63) is 24.4 Å². The van der Waals surface area contributed by atoms with E-state index in [2.05, 4.69) is 18.8 Å². The number of rotatable bonds is 5. The van der Waals surface area contributed by atoms with Crippen LogP contribution in [-0.2, 0) is 4.79 Å². The van der Waals surface area contributed by atoms with Crippen molar-refractivity contribution in [2.75, 3.05) is 11.4 Å². The van der Waals surface area contributed by atoms with Crippen LogP contribution in [0.1, 0.15) is 33.6 Å². The number of anilines is 1. The maximum atomic E-state index is 12.0. The van der Waals surface area contributed by atoms with Gasteiger partial charge >= 0.3 is 0 Å². The van der Waals surface area contributed by atoms with Gasteiger partial charge in [0.25, 0.3) is 0 Å². The van der Waals surface area contributed by atoms with E-state index in [1.807, 2.05) is 25.1 Å². The summed E-state index contributed by atoms with van der Waals surface area (Å²) in [6, 6.07) is 5.63. The lowest BCUT2D eigenvalue weighted by Crippen LogP contribution is -2.32. The van der Waals surface area contributed by atoms with E-state index in [0.29, 0.717) is 18.9 Å². The normalized spacial score (nSPS) is 12.2. The fraction of sp³-hybridized carbons (Fsp3) is 0.538. The third-order valence-electron chi connectivity index (χ3n) is 2.76. The molecule has 1 aromatic rings. The van der Waals surface area contributed by atoms with Crippen LogP contribution in [0.3, 0.4) is 0 Å². The Morgan fingerprint density at radius 2 is 2.19 bits per heavy atom. The molecule has 0 aliphatic rings. The molecule has 1 aromatic heterocycles. The molecule has 1 unspecified atom stereocenters. The molecular weight excluding hydrogens is 200 g/mol. The van der Waals surface area contributed by atoms with E-state index < -0.39 is 0 Å². The van der Waals surface area contributed by atoms with E-state index in [9.17, 15) is 4.79 Å². The van der Waals surface area contributed by atoms with Gasteiger partial charge in [-0.2, -0.15) is 0 Å². The summed E-state index contributed by atoms with van der Waals surface area (Å²) in [5.74, 6) is 1.35. The van der Waals surface area contributed by atoms with Crippen LogP contribution < -0.4 is 4.90 Å². The van der Waals surface area contributed by atoms with Gasteiger partial charge in [-0.1, -0.05) is 26.3 Å². The lowest BCUT2D eigenvalue weighted by Gasteiger charge is -2.21. The Morgan fingerprint density at radius 1 is 1.44 bits per heavy atom. The van der Waals surface area contributed by atoms with Crippen LogP contribution in [-0.4, -0.2) is 17.4 Å². The highest BCUT2D eigenvalue weighted by Crippen LogP contribution is 2.14. The molecule has 0 fully saturated rings. The molecule has 0 aromatic carbocycles. The number of carbonyl (C=O) groups is 1. The Bertz CT molecular complexity index is 324. The molecule has 0 radical (unpaired) electrons. The van der Waals surface area contributed by atoms with Crippen molar-refractivity contribution < 1.29 is 4.79 Å². The summed E-state index contributed by atoms with van der Waals surface area (Å²) in [6.45, 7) is 6.86. The average molecular weight is 220 g/mol. The molecule has 1 atom stereocenters. The predicted octanol–water partition coefficient (Wildman–Crippen LogP) is 2.87. The van der Waals surface area contributed by atoms with Crippen molar-refractivity contribution in [3.63, 3.8) is 0 Å². The van der Waals surface area contributed by atoms with Crippen LogP contribution in [0.25, 0.3) is 0 Å². The highest BCUT2D eigenvalue weighted by molar-refractivity contribution is 5.92. The summed E-state index contributed by atoms with van der Waals surface area (Å²) in [6.07, 6.45) is 3.35. The Balaban J connectivity index is 2.71. The molecule has 0 aliphatic heterocycles. The largest absolute Gasteiger partial charge is 0.297 e. The fourth-order valence-electron chi connectivity index (χ4n) is 1.53. The quantitative estimate of drug-likeness (QED) is 0.764. The highest BCUT2D eigenvalue weighted by Gasteiger charge is 2.16. The minimum Gasteiger partial charge on any atom is -0.297 e. The zero-order valence-corrected chi connectivity index (χ0v) is 10.3. The minimum atomic E-state index is 0.163. The lowest BCUT2D eigenvalue weighted by molar-refractivity contribution is -0.119. The number of pyridine rings is 1. The number of hydrogen-bond donors (Lipinski definition) is 0. The van der Waals surface area contributed by atoms with Crippen LogP contribution in [0.2, 0.25) is 0 Å². The van der Waals surface area contributed by atoms with E-state index in [1.54, 1.807) is 11.1 Å². The van der Waals surface area contributed by atoms with Crippen molar-refractivity contribution in [1.82, 2.24) is 4.98 Å². The van der Waals surface area contributed by atoms with Gasteiger partial charge in [-0.25, -0.2) is 4.98 Å². The summed E-state index contributed by atoms with van der Waals surface area (Å²) in [4.78, 5) is 18.0. The molecule has 0 spiro atoms. The standard InChI is InChI=1S/C13H20N2O/c1-4-11(3)10-13(16)15(5-2)12-8-6-7-9-14-12/h6-9,11H,4-5,10H2,1-3H3. The molecule has 1 rings (SSSR count). The van der Waals surface area contributed by atoms with Crippen LogP contribution >= 0.6 is 0 Å². The van der Waals surface area contributed by atoms with E-state index in [4.69, 9.17) is 0 Å². The zero-order chi connectivity index (χ0) is 12.0. The molecule has 3 nitrogen and oxygen atoms in total. The van der Waals surface area contributed by atoms with Crippen molar-refractivity contribution in [3.8, 4) is 0 Å². The molecule has 16 heavy (non-hydrogen) atoms. The smallest absolute Gasteiger partial charge is 0.228 e. The second-order valence-corrected chi connectivity index (χ2v) is 4.04. The Hall–Kier alpha value is -1.38. The van der Waals surface area contributed by atoms with Crippen LogP contribution in [0, 0.1) is 5.92 Å². The van der Waals surface area contributed by atoms with Gasteiger partial charge in [-0.3, -0.25) is 9.69 Å². The van der Waals surface area contributed by atoms with Crippen LogP contribution in [0.5, 0.6) is 0 Å². The minimum absolute atomic E-state index is 0.163. The molecule has 3 heteroatoms. The van der Waals surface area contributed by atoms with E-state index in [-0.39, 0.29) is 5.91 Å². The van der Waals surface area contributed by atoms with Crippen molar-refractivity contribution >= 4 is 11.7 Å². The summed E-state index contributed by atoms with van der Waals surface area (Å²) in [5.41, 5.74) is 0. The first-order chi connectivity index (χ1) is 7.69. The Morgan fingerprint density at radius 3 is 2.69 bits per heavy atom. The van der Waals surface area contributed by atoms with E-state index in [1.165, 1.54) is 0 Å². The summed E-state index contributed by atoms with van der Waals surface area (Å²) >= 11 is 0. The number of nitrogens with zero attached hydrogens (tertiary/aromatic N) is 2. The third-order valence-corrected chi connectivity index (χ3v) is 2.76. The maximum absolute atomic E-state index is 12.0. The first-order valence-corrected chi connectivity index (χ1v) is 5.90. The van der Waals surface area contributed by atoms with E-state index in [0.717, 1.165) is 12.2 Å². The third kappa shape index (κ3) is 3.33. The van der Waals surface area contributed by atoms with E-state index >= 15 is 0 Å². The first kappa shape index (κ1) is 12.7. The molecule has 88 valence electrons. The lowest BCUT2D eigenvalue weighted by atomic mass is 10.0. The number of amides is 1.